The van der Waals surface area contributed by atoms with Gasteiger partial charge in [0.2, 0.25) is 0 Å². The third kappa shape index (κ3) is 2.35. The van der Waals surface area contributed by atoms with Gasteiger partial charge >= 0.3 is 0 Å². The van der Waals surface area contributed by atoms with E-state index in [1.54, 1.807) is 0 Å². The summed E-state index contributed by atoms with van der Waals surface area (Å²) in [5.41, 5.74) is 10.7. The van der Waals surface area contributed by atoms with Crippen molar-refractivity contribution in [3.63, 3.8) is 0 Å². The van der Waals surface area contributed by atoms with Crippen molar-refractivity contribution in [1.82, 2.24) is 0 Å². The van der Waals surface area contributed by atoms with Gasteiger partial charge in [-0.2, -0.15) is 0 Å². The van der Waals surface area contributed by atoms with Gasteiger partial charge < -0.3 is 10.6 Å². The van der Waals surface area contributed by atoms with E-state index >= 15 is 0 Å². The van der Waals surface area contributed by atoms with Crippen LogP contribution in [0.4, 0.5) is 11.4 Å². The molecule has 1 heterocycles. The van der Waals surface area contributed by atoms with E-state index in [-0.39, 0.29) is 0 Å². The van der Waals surface area contributed by atoms with Gasteiger partial charge in [-0.25, -0.2) is 0 Å². The van der Waals surface area contributed by atoms with E-state index in [4.69, 9.17) is 5.73 Å². The van der Waals surface area contributed by atoms with Gasteiger partial charge in [0.1, 0.15) is 0 Å². The molecule has 1 unspecified atom stereocenters. The van der Waals surface area contributed by atoms with Gasteiger partial charge in [0, 0.05) is 28.4 Å². The van der Waals surface area contributed by atoms with Crippen molar-refractivity contribution < 1.29 is 0 Å². The molecule has 1 atom stereocenters. The molecule has 0 saturated heterocycles. The Kier molecular flexibility index (Phi) is 3.23. The first-order valence-electron chi connectivity index (χ1n) is 6.53. The third-order valence-electron chi connectivity index (χ3n) is 3.77. The van der Waals surface area contributed by atoms with Crippen LogP contribution in [0.2, 0.25) is 0 Å². The first kappa shape index (κ1) is 12.5. The van der Waals surface area contributed by atoms with Crippen molar-refractivity contribution in [2.24, 2.45) is 0 Å². The van der Waals surface area contributed by atoms with Crippen molar-refractivity contribution in [2.75, 3.05) is 10.6 Å². The molecule has 3 rings (SSSR count). The number of hydrogen-bond acceptors (Lipinski definition) is 2. The summed E-state index contributed by atoms with van der Waals surface area (Å²) in [5.74, 6) is 0. The monoisotopic (exact) mass is 316 g/mol. The molecule has 1 aliphatic heterocycles. The first-order valence-corrected chi connectivity index (χ1v) is 7.33. The van der Waals surface area contributed by atoms with Crippen molar-refractivity contribution in [3.05, 3.63) is 58.1 Å². The Morgan fingerprint density at radius 2 is 2.05 bits per heavy atom. The Hall–Kier alpha value is -1.48. The van der Waals surface area contributed by atoms with Gasteiger partial charge in [0.25, 0.3) is 0 Å². The summed E-state index contributed by atoms with van der Waals surface area (Å²) in [4.78, 5) is 2.47. The molecule has 0 saturated carbocycles. The van der Waals surface area contributed by atoms with Crippen molar-refractivity contribution >= 4 is 27.3 Å². The first-order chi connectivity index (χ1) is 9.15. The average molecular weight is 317 g/mol. The molecule has 0 bridgehead atoms. The van der Waals surface area contributed by atoms with Crippen LogP contribution in [0.1, 0.15) is 18.1 Å². The highest BCUT2D eigenvalue weighted by molar-refractivity contribution is 9.10. The van der Waals surface area contributed by atoms with Crippen LogP contribution in [0, 0.1) is 0 Å². The Bertz CT molecular complexity index is 609. The number of fused-ring (bicyclic) bond motifs is 1. The van der Waals surface area contributed by atoms with Gasteiger partial charge in [-0.05, 0) is 58.6 Å². The number of nitrogens with two attached hydrogens (primary N) is 1. The summed E-state index contributed by atoms with van der Waals surface area (Å²) < 4.78 is 0.977. The number of halogens is 1. The number of nitrogen functional groups attached to an aromatic ring is 1. The highest BCUT2D eigenvalue weighted by Crippen LogP contribution is 2.33. The number of benzene rings is 2. The minimum atomic E-state index is 0.550. The second-order valence-corrected chi connectivity index (χ2v) is 6.02. The molecule has 0 amide bonds. The molecular formula is C16H17BrN2. The van der Waals surface area contributed by atoms with Crippen molar-refractivity contribution in [2.45, 2.75) is 25.9 Å². The molecule has 98 valence electrons. The smallest absolute Gasteiger partial charge is 0.0458 e. The second kappa shape index (κ2) is 4.89. The Morgan fingerprint density at radius 1 is 1.26 bits per heavy atom. The Balaban J connectivity index is 1.89. The lowest BCUT2D eigenvalue weighted by Crippen LogP contribution is -2.28. The Morgan fingerprint density at radius 3 is 2.84 bits per heavy atom. The molecule has 0 aliphatic carbocycles. The zero-order valence-corrected chi connectivity index (χ0v) is 12.5. The number of nitrogens with zero attached hydrogens (tertiary/aromatic N) is 1. The lowest BCUT2D eigenvalue weighted by atomic mass is 10.1. The highest BCUT2D eigenvalue weighted by Gasteiger charge is 2.25. The van der Waals surface area contributed by atoms with E-state index in [0.29, 0.717) is 6.04 Å². The molecule has 0 fully saturated rings. The van der Waals surface area contributed by atoms with E-state index in [0.717, 1.165) is 23.1 Å². The minimum Gasteiger partial charge on any atom is -0.398 e. The minimum absolute atomic E-state index is 0.550. The van der Waals surface area contributed by atoms with E-state index < -0.39 is 0 Å². The van der Waals surface area contributed by atoms with Crippen LogP contribution in [-0.2, 0) is 13.0 Å². The molecule has 0 aromatic heterocycles. The van der Waals surface area contributed by atoms with Gasteiger partial charge in [0.05, 0.1) is 0 Å². The fourth-order valence-electron chi connectivity index (χ4n) is 2.74. The van der Waals surface area contributed by atoms with Crippen LogP contribution < -0.4 is 10.6 Å². The van der Waals surface area contributed by atoms with Gasteiger partial charge in [-0.1, -0.05) is 24.3 Å². The number of para-hydroxylation sites is 1. The summed E-state index contributed by atoms with van der Waals surface area (Å²) in [6, 6.07) is 15.4. The molecular weight excluding hydrogens is 300 g/mol. The maximum Gasteiger partial charge on any atom is 0.0458 e. The van der Waals surface area contributed by atoms with Crippen molar-refractivity contribution in [1.29, 1.82) is 0 Å². The van der Waals surface area contributed by atoms with E-state index in [2.05, 4.69) is 64.2 Å². The maximum atomic E-state index is 5.84. The molecule has 0 spiro atoms. The van der Waals surface area contributed by atoms with E-state index in [9.17, 15) is 0 Å². The lowest BCUT2D eigenvalue weighted by Gasteiger charge is -2.25. The normalized spacial score (nSPS) is 17.6. The third-order valence-corrected chi connectivity index (χ3v) is 4.45. The Labute approximate surface area is 122 Å². The fourth-order valence-corrected chi connectivity index (χ4v) is 3.16. The molecule has 3 heteroatoms. The summed E-state index contributed by atoms with van der Waals surface area (Å²) in [7, 11) is 0. The van der Waals surface area contributed by atoms with Crippen LogP contribution in [0.15, 0.2) is 46.9 Å². The topological polar surface area (TPSA) is 29.3 Å². The zero-order valence-electron chi connectivity index (χ0n) is 10.9. The van der Waals surface area contributed by atoms with Crippen LogP contribution in [0.3, 0.4) is 0 Å². The maximum absolute atomic E-state index is 5.84. The van der Waals surface area contributed by atoms with Crippen LogP contribution in [0.25, 0.3) is 0 Å². The van der Waals surface area contributed by atoms with Crippen LogP contribution in [-0.4, -0.2) is 6.04 Å². The van der Waals surface area contributed by atoms with Gasteiger partial charge in [-0.15, -0.1) is 0 Å². The van der Waals surface area contributed by atoms with E-state index in [1.165, 1.54) is 16.8 Å². The molecule has 2 aromatic rings. The van der Waals surface area contributed by atoms with Crippen LogP contribution in [0.5, 0.6) is 0 Å². The van der Waals surface area contributed by atoms with Crippen LogP contribution >= 0.6 is 15.9 Å². The molecule has 19 heavy (non-hydrogen) atoms. The zero-order chi connectivity index (χ0) is 13.4. The average Bonchev–Trinajstić information content (AvgIpc) is 2.71. The quantitative estimate of drug-likeness (QED) is 0.849. The lowest BCUT2D eigenvalue weighted by molar-refractivity contribution is 0.672. The summed E-state index contributed by atoms with van der Waals surface area (Å²) in [6.07, 6.45) is 1.13. The molecule has 2 nitrogen and oxygen atoms in total. The summed E-state index contributed by atoms with van der Waals surface area (Å²) in [6.45, 7) is 3.21. The fraction of sp³-hybridized carbons (Fsp3) is 0.250. The molecule has 0 radical (unpaired) electrons. The standard InChI is InChI=1S/C16H17BrN2/c1-11-8-13-4-2-3-5-16(13)19(11)10-12-6-7-15(18)14(17)9-12/h2-7,9,11H,8,10,18H2,1H3. The predicted molar refractivity (Wildman–Crippen MR) is 84.3 cm³/mol. The molecule has 1 aliphatic rings. The number of anilines is 2. The van der Waals surface area contributed by atoms with E-state index in [1.807, 2.05) is 6.07 Å². The van der Waals surface area contributed by atoms with Gasteiger partial charge in [-0.3, -0.25) is 0 Å². The summed E-state index contributed by atoms with van der Waals surface area (Å²) >= 11 is 3.50. The number of rotatable bonds is 2. The largest absolute Gasteiger partial charge is 0.398 e. The second-order valence-electron chi connectivity index (χ2n) is 5.17. The highest BCUT2D eigenvalue weighted by atomic mass is 79.9. The van der Waals surface area contributed by atoms with Gasteiger partial charge in [0.15, 0.2) is 0 Å². The predicted octanol–water partition coefficient (Wildman–Crippen LogP) is 3.98. The summed E-state index contributed by atoms with van der Waals surface area (Å²) in [5, 5.41) is 0. The van der Waals surface area contributed by atoms with Crippen molar-refractivity contribution in [3.8, 4) is 0 Å². The molecule has 2 N–H and O–H groups in total. The molecule has 2 aromatic carbocycles. The number of hydrogen-bond donors (Lipinski definition) is 1. The SMILES string of the molecule is CC1Cc2ccccc2N1Cc1ccc(N)c(Br)c1.